The lowest BCUT2D eigenvalue weighted by molar-refractivity contribution is -0.141. The van der Waals surface area contributed by atoms with Crippen molar-refractivity contribution in [2.24, 2.45) is 0 Å². The topological polar surface area (TPSA) is 88.1 Å². The second-order valence-electron chi connectivity index (χ2n) is 9.11. The zero-order valence-electron chi connectivity index (χ0n) is 19.8. The van der Waals surface area contributed by atoms with Crippen LogP contribution < -0.4 is 11.2 Å². The minimum absolute atomic E-state index is 0.0432. The highest BCUT2D eigenvalue weighted by Crippen LogP contribution is 2.36. The molecular formula is C26H27FN4O4. The van der Waals surface area contributed by atoms with Gasteiger partial charge in [0.1, 0.15) is 11.6 Å². The van der Waals surface area contributed by atoms with Crippen LogP contribution in [0.3, 0.4) is 0 Å². The highest BCUT2D eigenvalue weighted by Gasteiger charge is 2.29. The molecule has 8 nitrogen and oxygen atoms in total. The van der Waals surface area contributed by atoms with Crippen LogP contribution in [0.15, 0.2) is 46.0 Å². The molecule has 5 rings (SSSR count). The molecule has 0 radical (unpaired) electrons. The predicted molar refractivity (Wildman–Crippen MR) is 130 cm³/mol. The number of ether oxygens (including phenoxy) is 1. The Labute approximate surface area is 200 Å². The maximum absolute atomic E-state index is 14.5. The lowest BCUT2D eigenvalue weighted by atomic mass is 10.2. The third-order valence-electron chi connectivity index (χ3n) is 6.50. The van der Waals surface area contributed by atoms with Crippen LogP contribution in [0.2, 0.25) is 0 Å². The normalized spacial score (nSPS) is 13.6. The lowest BCUT2D eigenvalue weighted by Gasteiger charge is -2.16. The second kappa shape index (κ2) is 9.13. The number of nitrogens with zero attached hydrogens (tertiary/aromatic N) is 4. The van der Waals surface area contributed by atoms with Crippen LogP contribution in [0.4, 0.5) is 4.39 Å². The fraction of sp³-hybridized carbons (Fsp3) is 0.385. The van der Waals surface area contributed by atoms with Gasteiger partial charge in [-0.3, -0.25) is 18.7 Å². The van der Waals surface area contributed by atoms with Crippen molar-refractivity contribution in [2.75, 3.05) is 6.61 Å². The summed E-state index contributed by atoms with van der Waals surface area (Å²) in [5.41, 5.74) is 1.80. The average molecular weight is 479 g/mol. The van der Waals surface area contributed by atoms with E-state index in [-0.39, 0.29) is 35.6 Å². The molecule has 1 saturated carbocycles. The number of fused-ring (bicyclic) bond motifs is 2. The van der Waals surface area contributed by atoms with Gasteiger partial charge in [0.15, 0.2) is 0 Å². The number of benzene rings is 2. The van der Waals surface area contributed by atoms with Crippen molar-refractivity contribution >= 4 is 27.9 Å². The van der Waals surface area contributed by atoms with E-state index in [0.717, 1.165) is 18.4 Å². The molecule has 1 fully saturated rings. The molecule has 0 atom stereocenters. The van der Waals surface area contributed by atoms with Crippen molar-refractivity contribution in [1.82, 2.24) is 18.7 Å². The smallest absolute Gasteiger partial charge is 0.329 e. The number of imidazole rings is 1. The first kappa shape index (κ1) is 23.0. The van der Waals surface area contributed by atoms with E-state index in [2.05, 4.69) is 4.98 Å². The van der Waals surface area contributed by atoms with Crippen molar-refractivity contribution in [3.8, 4) is 0 Å². The Morgan fingerprint density at radius 1 is 1.09 bits per heavy atom. The summed E-state index contributed by atoms with van der Waals surface area (Å²) in [5.74, 6) is -0.275. The number of aryl methyl sites for hydroxylation is 2. The third kappa shape index (κ3) is 4.38. The standard InChI is InChI=1S/C26H27FN4O4/c1-16-13-23-22(14-20(16)27)30(26(34)31(23)18-9-10-18)15-24-28-25(33)19-7-3-4-8-21(19)29(24)11-5-6-12-35-17(2)32/h3-4,7-8,13-14,18H,5-6,9-12,15H2,1-2H3. The van der Waals surface area contributed by atoms with Crippen LogP contribution in [0, 0.1) is 12.7 Å². The van der Waals surface area contributed by atoms with Crippen LogP contribution in [-0.4, -0.2) is 31.3 Å². The van der Waals surface area contributed by atoms with Gasteiger partial charge >= 0.3 is 11.7 Å². The van der Waals surface area contributed by atoms with E-state index in [0.29, 0.717) is 53.8 Å². The van der Waals surface area contributed by atoms with E-state index in [4.69, 9.17) is 4.74 Å². The molecule has 2 heterocycles. The molecule has 9 heteroatoms. The first-order chi connectivity index (χ1) is 16.8. The summed E-state index contributed by atoms with van der Waals surface area (Å²) in [5, 5.41) is 0.491. The van der Waals surface area contributed by atoms with Crippen LogP contribution >= 0.6 is 0 Å². The summed E-state index contributed by atoms with van der Waals surface area (Å²) in [7, 11) is 0. The number of carbonyl (C=O) groups excluding carboxylic acids is 1. The highest BCUT2D eigenvalue weighted by atomic mass is 19.1. The van der Waals surface area contributed by atoms with E-state index >= 15 is 0 Å². The number of unbranched alkanes of at least 4 members (excludes halogenated alkanes) is 1. The van der Waals surface area contributed by atoms with E-state index in [1.54, 1.807) is 29.7 Å². The molecule has 2 aromatic heterocycles. The molecule has 0 amide bonds. The predicted octanol–water partition coefficient (Wildman–Crippen LogP) is 3.69. The summed E-state index contributed by atoms with van der Waals surface area (Å²) < 4.78 is 24.8. The van der Waals surface area contributed by atoms with Crippen LogP contribution in [0.1, 0.15) is 50.0 Å². The summed E-state index contributed by atoms with van der Waals surface area (Å²) in [6.45, 7) is 3.93. The molecule has 4 aromatic rings. The van der Waals surface area contributed by atoms with Gasteiger partial charge in [-0.2, -0.15) is 4.98 Å². The van der Waals surface area contributed by atoms with Crippen molar-refractivity contribution in [3.05, 3.63) is 74.4 Å². The number of hydrogen-bond acceptors (Lipinski definition) is 5. The summed E-state index contributed by atoms with van der Waals surface area (Å²) in [6, 6.07) is 10.5. The maximum atomic E-state index is 14.5. The summed E-state index contributed by atoms with van der Waals surface area (Å²) in [6.07, 6.45) is 3.15. The van der Waals surface area contributed by atoms with Crippen molar-refractivity contribution < 1.29 is 13.9 Å². The minimum Gasteiger partial charge on any atom is -0.466 e. The molecule has 0 spiro atoms. The van der Waals surface area contributed by atoms with Crippen molar-refractivity contribution in [1.29, 1.82) is 0 Å². The molecular weight excluding hydrogens is 451 g/mol. The van der Waals surface area contributed by atoms with Gasteiger partial charge in [0.2, 0.25) is 0 Å². The van der Waals surface area contributed by atoms with Gasteiger partial charge in [0, 0.05) is 25.6 Å². The number of esters is 1. The first-order valence-corrected chi connectivity index (χ1v) is 11.9. The first-order valence-electron chi connectivity index (χ1n) is 11.9. The quantitative estimate of drug-likeness (QED) is 0.285. The number of carbonyl (C=O) groups is 1. The molecule has 0 aliphatic heterocycles. The Morgan fingerprint density at radius 3 is 2.60 bits per heavy atom. The van der Waals surface area contributed by atoms with Crippen LogP contribution in [-0.2, 0) is 22.6 Å². The Bertz CT molecular complexity index is 1560. The van der Waals surface area contributed by atoms with Crippen molar-refractivity contribution in [2.45, 2.75) is 58.7 Å². The minimum atomic E-state index is -0.381. The number of hydrogen-bond donors (Lipinski definition) is 0. The van der Waals surface area contributed by atoms with E-state index in [1.807, 2.05) is 16.7 Å². The lowest BCUT2D eigenvalue weighted by Crippen LogP contribution is -2.28. The van der Waals surface area contributed by atoms with Gasteiger partial charge in [-0.05, 0) is 56.4 Å². The summed E-state index contributed by atoms with van der Waals surface area (Å²) in [4.78, 5) is 41.7. The molecule has 1 aliphatic rings. The van der Waals surface area contributed by atoms with Crippen LogP contribution in [0.25, 0.3) is 21.9 Å². The van der Waals surface area contributed by atoms with E-state index in [9.17, 15) is 18.8 Å². The molecule has 2 aromatic carbocycles. The van der Waals surface area contributed by atoms with Gasteiger partial charge in [0.05, 0.1) is 35.1 Å². The number of rotatable bonds is 8. The zero-order chi connectivity index (χ0) is 24.7. The van der Waals surface area contributed by atoms with E-state index < -0.39 is 0 Å². The van der Waals surface area contributed by atoms with Gasteiger partial charge in [-0.1, -0.05) is 12.1 Å². The Balaban J connectivity index is 1.59. The van der Waals surface area contributed by atoms with Crippen molar-refractivity contribution in [3.63, 3.8) is 0 Å². The van der Waals surface area contributed by atoms with E-state index in [1.165, 1.54) is 17.6 Å². The highest BCUT2D eigenvalue weighted by molar-refractivity contribution is 5.79. The SMILES string of the molecule is CC(=O)OCCCCn1c(Cn2c(=O)n(C3CC3)c3cc(C)c(F)cc32)nc(=O)c2ccccc21. The van der Waals surface area contributed by atoms with Gasteiger partial charge in [0.25, 0.3) is 5.56 Å². The molecule has 182 valence electrons. The fourth-order valence-electron chi connectivity index (χ4n) is 4.61. The van der Waals surface area contributed by atoms with Gasteiger partial charge in [-0.25, -0.2) is 9.18 Å². The average Bonchev–Trinajstić information content (AvgIpc) is 3.62. The Hall–Kier alpha value is -3.75. The molecule has 35 heavy (non-hydrogen) atoms. The summed E-state index contributed by atoms with van der Waals surface area (Å²) >= 11 is 0. The second-order valence-corrected chi connectivity index (χ2v) is 9.11. The van der Waals surface area contributed by atoms with Gasteiger partial charge < -0.3 is 9.30 Å². The van der Waals surface area contributed by atoms with Gasteiger partial charge in [-0.15, -0.1) is 0 Å². The van der Waals surface area contributed by atoms with Crippen LogP contribution in [0.5, 0.6) is 0 Å². The third-order valence-corrected chi connectivity index (χ3v) is 6.50. The molecule has 0 saturated heterocycles. The molecule has 0 unspecified atom stereocenters. The molecule has 1 aliphatic carbocycles. The molecule has 0 bridgehead atoms. The number of halogens is 1. The number of aromatic nitrogens is 4. The Morgan fingerprint density at radius 2 is 1.86 bits per heavy atom. The largest absolute Gasteiger partial charge is 0.466 e. The maximum Gasteiger partial charge on any atom is 0.329 e. The Kier molecular flexibility index (Phi) is 6.00. The monoisotopic (exact) mass is 478 g/mol. The molecule has 0 N–H and O–H groups in total. The fourth-order valence-corrected chi connectivity index (χ4v) is 4.61. The zero-order valence-corrected chi connectivity index (χ0v) is 19.8. The number of para-hydroxylation sites is 1.